The molecular formula is C16H13N5O. The lowest BCUT2D eigenvalue weighted by Crippen LogP contribution is -2.36. The van der Waals surface area contributed by atoms with Crippen LogP contribution in [0.15, 0.2) is 43.1 Å². The van der Waals surface area contributed by atoms with Gasteiger partial charge in [0.2, 0.25) is 0 Å². The summed E-state index contributed by atoms with van der Waals surface area (Å²) in [6.45, 7) is 1.19. The van der Waals surface area contributed by atoms with Crippen LogP contribution in [0.4, 0.5) is 0 Å². The van der Waals surface area contributed by atoms with Gasteiger partial charge in [0.15, 0.2) is 0 Å². The maximum absolute atomic E-state index is 12.5. The van der Waals surface area contributed by atoms with Crippen LogP contribution in [0, 0.1) is 0 Å². The average molecular weight is 291 g/mol. The Morgan fingerprint density at radius 1 is 1.14 bits per heavy atom. The Morgan fingerprint density at radius 2 is 2.05 bits per heavy atom. The van der Waals surface area contributed by atoms with Crippen LogP contribution in [0.3, 0.4) is 0 Å². The van der Waals surface area contributed by atoms with E-state index in [1.165, 1.54) is 12.4 Å². The molecular weight excluding hydrogens is 278 g/mol. The van der Waals surface area contributed by atoms with Crippen LogP contribution < -0.4 is 0 Å². The van der Waals surface area contributed by atoms with E-state index in [2.05, 4.69) is 26.0 Å². The molecule has 4 heterocycles. The van der Waals surface area contributed by atoms with Gasteiger partial charge in [0.05, 0.1) is 11.7 Å². The topological polar surface area (TPSA) is 71.9 Å². The van der Waals surface area contributed by atoms with Crippen LogP contribution in [0.5, 0.6) is 0 Å². The second kappa shape index (κ2) is 5.14. The molecule has 0 saturated heterocycles. The molecule has 0 unspecified atom stereocenters. The molecule has 1 aliphatic heterocycles. The van der Waals surface area contributed by atoms with Gasteiger partial charge in [0.1, 0.15) is 5.69 Å². The Kier molecular flexibility index (Phi) is 3.00. The van der Waals surface area contributed by atoms with E-state index in [1.54, 1.807) is 23.5 Å². The highest BCUT2D eigenvalue weighted by atomic mass is 16.2. The van der Waals surface area contributed by atoms with Gasteiger partial charge in [-0.15, -0.1) is 0 Å². The van der Waals surface area contributed by atoms with Crippen molar-refractivity contribution in [2.24, 2.45) is 0 Å². The molecule has 4 rings (SSSR count). The van der Waals surface area contributed by atoms with Crippen molar-refractivity contribution in [3.63, 3.8) is 0 Å². The number of carbonyl (C=O) groups is 1. The second-order valence-corrected chi connectivity index (χ2v) is 5.23. The van der Waals surface area contributed by atoms with Gasteiger partial charge in [-0.2, -0.15) is 0 Å². The van der Waals surface area contributed by atoms with E-state index < -0.39 is 0 Å². The molecule has 0 spiro atoms. The summed E-state index contributed by atoms with van der Waals surface area (Å²) in [5.41, 5.74) is 3.45. The molecule has 108 valence electrons. The van der Waals surface area contributed by atoms with Gasteiger partial charge >= 0.3 is 0 Å². The summed E-state index contributed by atoms with van der Waals surface area (Å²) in [4.78, 5) is 31.1. The fraction of sp³-hybridized carbons (Fsp3) is 0.188. The average Bonchev–Trinajstić information content (AvgIpc) is 2.59. The number of fused-ring (bicyclic) bond motifs is 2. The van der Waals surface area contributed by atoms with Crippen molar-refractivity contribution in [2.45, 2.75) is 13.0 Å². The lowest BCUT2D eigenvalue weighted by atomic mass is 10.0. The zero-order chi connectivity index (χ0) is 14.9. The summed E-state index contributed by atoms with van der Waals surface area (Å²) < 4.78 is 0. The Bertz CT molecular complexity index is 850. The molecule has 1 amide bonds. The van der Waals surface area contributed by atoms with Gasteiger partial charge in [-0.3, -0.25) is 19.7 Å². The zero-order valence-electron chi connectivity index (χ0n) is 11.8. The highest BCUT2D eigenvalue weighted by Gasteiger charge is 2.23. The molecule has 6 nitrogen and oxygen atoms in total. The Hall–Kier alpha value is -2.89. The Labute approximate surface area is 126 Å². The van der Waals surface area contributed by atoms with E-state index in [-0.39, 0.29) is 5.91 Å². The summed E-state index contributed by atoms with van der Waals surface area (Å²) in [5.74, 6) is -0.0926. The van der Waals surface area contributed by atoms with Crippen LogP contribution in [-0.2, 0) is 13.0 Å². The molecule has 0 radical (unpaired) electrons. The number of carbonyl (C=O) groups excluding carboxylic acids is 1. The molecule has 0 N–H and O–H groups in total. The minimum Gasteiger partial charge on any atom is -0.332 e. The van der Waals surface area contributed by atoms with E-state index in [0.717, 1.165) is 28.6 Å². The first-order valence-corrected chi connectivity index (χ1v) is 7.09. The largest absolute Gasteiger partial charge is 0.332 e. The van der Waals surface area contributed by atoms with E-state index in [0.29, 0.717) is 18.8 Å². The monoisotopic (exact) mass is 291 g/mol. The van der Waals surface area contributed by atoms with Crippen molar-refractivity contribution in [3.05, 3.63) is 60.1 Å². The summed E-state index contributed by atoms with van der Waals surface area (Å²) in [5, 5.41) is 0.995. The first-order valence-electron chi connectivity index (χ1n) is 7.09. The van der Waals surface area contributed by atoms with Crippen molar-refractivity contribution in [3.8, 4) is 0 Å². The normalized spacial score (nSPS) is 13.9. The van der Waals surface area contributed by atoms with Crippen molar-refractivity contribution < 1.29 is 4.79 Å². The van der Waals surface area contributed by atoms with Gasteiger partial charge in [0.25, 0.3) is 5.91 Å². The number of rotatable bonds is 1. The Balaban J connectivity index is 1.66. The zero-order valence-corrected chi connectivity index (χ0v) is 11.8. The molecule has 0 aromatic carbocycles. The molecule has 0 fully saturated rings. The number of amides is 1. The third-order valence-corrected chi connectivity index (χ3v) is 3.83. The summed E-state index contributed by atoms with van der Waals surface area (Å²) in [7, 11) is 0. The first-order chi connectivity index (χ1) is 10.8. The predicted molar refractivity (Wildman–Crippen MR) is 80.0 cm³/mol. The molecule has 1 aliphatic rings. The quantitative estimate of drug-likeness (QED) is 0.681. The van der Waals surface area contributed by atoms with Gasteiger partial charge in [0, 0.05) is 55.4 Å². The highest BCUT2D eigenvalue weighted by molar-refractivity contribution is 5.92. The maximum Gasteiger partial charge on any atom is 0.274 e. The van der Waals surface area contributed by atoms with Crippen molar-refractivity contribution >= 4 is 16.8 Å². The molecule has 0 aliphatic carbocycles. The third kappa shape index (κ3) is 2.18. The standard InChI is InChI=1S/C16H13N5O/c22-16(15-9-18-4-5-19-15)21-6-2-14-12(10-21)7-11-8-17-3-1-13(11)20-14/h1,3-5,7-9H,2,6,10H2. The van der Waals surface area contributed by atoms with Gasteiger partial charge in [-0.25, -0.2) is 4.98 Å². The smallest absolute Gasteiger partial charge is 0.274 e. The van der Waals surface area contributed by atoms with Crippen LogP contribution in [0.1, 0.15) is 21.7 Å². The first kappa shape index (κ1) is 12.8. The van der Waals surface area contributed by atoms with E-state index in [1.807, 2.05) is 6.07 Å². The van der Waals surface area contributed by atoms with E-state index in [4.69, 9.17) is 0 Å². The minimum absolute atomic E-state index is 0.0926. The summed E-state index contributed by atoms with van der Waals surface area (Å²) in [6, 6.07) is 3.98. The van der Waals surface area contributed by atoms with Gasteiger partial charge in [-0.05, 0) is 17.7 Å². The molecule has 6 heteroatoms. The van der Waals surface area contributed by atoms with E-state index in [9.17, 15) is 4.79 Å². The fourth-order valence-corrected chi connectivity index (χ4v) is 2.72. The van der Waals surface area contributed by atoms with E-state index >= 15 is 0 Å². The number of hydrogen-bond acceptors (Lipinski definition) is 5. The number of pyridine rings is 2. The summed E-state index contributed by atoms with van der Waals surface area (Å²) in [6.07, 6.45) is 8.89. The SMILES string of the molecule is O=C(c1cnccn1)N1CCc2nc3ccncc3cc2C1. The number of nitrogens with zero attached hydrogens (tertiary/aromatic N) is 5. The fourth-order valence-electron chi connectivity index (χ4n) is 2.72. The lowest BCUT2D eigenvalue weighted by Gasteiger charge is -2.28. The molecule has 22 heavy (non-hydrogen) atoms. The number of hydrogen-bond donors (Lipinski definition) is 0. The van der Waals surface area contributed by atoms with Gasteiger partial charge in [-0.1, -0.05) is 0 Å². The van der Waals surface area contributed by atoms with Crippen molar-refractivity contribution in [1.82, 2.24) is 24.8 Å². The van der Waals surface area contributed by atoms with Crippen molar-refractivity contribution in [1.29, 1.82) is 0 Å². The second-order valence-electron chi connectivity index (χ2n) is 5.23. The Morgan fingerprint density at radius 3 is 2.91 bits per heavy atom. The van der Waals surface area contributed by atoms with Crippen LogP contribution in [0.25, 0.3) is 10.9 Å². The number of aromatic nitrogens is 4. The van der Waals surface area contributed by atoms with Gasteiger partial charge < -0.3 is 4.90 Å². The van der Waals surface area contributed by atoms with Crippen molar-refractivity contribution in [2.75, 3.05) is 6.54 Å². The predicted octanol–water partition coefficient (Wildman–Crippen LogP) is 1.62. The molecule has 3 aromatic rings. The lowest BCUT2D eigenvalue weighted by molar-refractivity contribution is 0.0727. The van der Waals surface area contributed by atoms with Crippen LogP contribution >= 0.6 is 0 Å². The van der Waals surface area contributed by atoms with Crippen LogP contribution in [0.2, 0.25) is 0 Å². The maximum atomic E-state index is 12.5. The summed E-state index contributed by atoms with van der Waals surface area (Å²) >= 11 is 0. The molecule has 3 aromatic heterocycles. The molecule has 0 bridgehead atoms. The minimum atomic E-state index is -0.0926. The molecule has 0 saturated carbocycles. The van der Waals surface area contributed by atoms with Crippen LogP contribution in [-0.4, -0.2) is 37.3 Å². The highest BCUT2D eigenvalue weighted by Crippen LogP contribution is 2.22. The molecule has 0 atom stereocenters. The third-order valence-electron chi connectivity index (χ3n) is 3.83.